The molecule has 1 aromatic heterocycles. The van der Waals surface area contributed by atoms with E-state index in [0.29, 0.717) is 5.56 Å². The van der Waals surface area contributed by atoms with Gasteiger partial charge in [-0.25, -0.2) is 0 Å². The molecule has 0 bridgehead atoms. The third-order valence-electron chi connectivity index (χ3n) is 3.75. The fraction of sp³-hybridized carbons (Fsp3) is 0.400. The van der Waals surface area contributed by atoms with E-state index in [2.05, 4.69) is 4.90 Å². The van der Waals surface area contributed by atoms with Crippen LogP contribution in [0.5, 0.6) is 0 Å². The molecule has 1 saturated heterocycles. The lowest BCUT2D eigenvalue weighted by atomic mass is 10.1. The van der Waals surface area contributed by atoms with Gasteiger partial charge in [0.05, 0.1) is 5.56 Å². The number of carbonyl (C=O) groups excluding carboxylic acids is 1. The number of likely N-dealkylation sites (tertiary alicyclic amines) is 1. The quantitative estimate of drug-likeness (QED) is 0.914. The summed E-state index contributed by atoms with van der Waals surface area (Å²) in [6.07, 6.45) is 3.48. The number of primary amides is 1. The Morgan fingerprint density at radius 3 is 2.84 bits per heavy atom. The maximum absolute atomic E-state index is 11.4. The molecular weight excluding hydrogens is 240 g/mol. The third-order valence-corrected chi connectivity index (χ3v) is 3.75. The van der Waals surface area contributed by atoms with Crippen LogP contribution in [0.1, 0.15) is 29.0 Å². The predicted octanol–water partition coefficient (Wildman–Crippen LogP) is 2.17. The number of nitrogens with two attached hydrogens (primary N) is 1. The molecule has 4 heteroatoms. The zero-order chi connectivity index (χ0) is 13.2. The van der Waals surface area contributed by atoms with Crippen LogP contribution in [0.25, 0.3) is 11.0 Å². The SMILES string of the molecule is NC(=O)c1cccc2oc(CCN3CCCC3)cc12. The number of furan rings is 1. The summed E-state index contributed by atoms with van der Waals surface area (Å²) in [6.45, 7) is 3.39. The van der Waals surface area contributed by atoms with E-state index in [9.17, 15) is 4.79 Å². The first-order valence-corrected chi connectivity index (χ1v) is 6.77. The molecule has 1 aliphatic rings. The van der Waals surface area contributed by atoms with Gasteiger partial charge in [0.15, 0.2) is 0 Å². The van der Waals surface area contributed by atoms with Crippen LogP contribution in [0.3, 0.4) is 0 Å². The Morgan fingerprint density at radius 2 is 2.11 bits per heavy atom. The van der Waals surface area contributed by atoms with E-state index in [0.717, 1.165) is 29.7 Å². The van der Waals surface area contributed by atoms with Crippen LogP contribution in [0.4, 0.5) is 0 Å². The average Bonchev–Trinajstić information content (AvgIpc) is 3.04. The van der Waals surface area contributed by atoms with Gasteiger partial charge in [-0.1, -0.05) is 6.07 Å². The highest BCUT2D eigenvalue weighted by molar-refractivity contribution is 6.05. The first-order valence-electron chi connectivity index (χ1n) is 6.77. The number of hydrogen-bond donors (Lipinski definition) is 1. The molecule has 19 heavy (non-hydrogen) atoms. The molecule has 4 nitrogen and oxygen atoms in total. The van der Waals surface area contributed by atoms with E-state index in [4.69, 9.17) is 10.2 Å². The van der Waals surface area contributed by atoms with Gasteiger partial charge in [0.2, 0.25) is 5.91 Å². The van der Waals surface area contributed by atoms with Crippen molar-refractivity contribution in [3.05, 3.63) is 35.6 Å². The average molecular weight is 258 g/mol. The van der Waals surface area contributed by atoms with E-state index in [1.807, 2.05) is 12.1 Å². The van der Waals surface area contributed by atoms with Gasteiger partial charge in [0.25, 0.3) is 0 Å². The molecule has 0 atom stereocenters. The Kier molecular flexibility index (Phi) is 3.25. The molecule has 2 N–H and O–H groups in total. The number of fused-ring (bicyclic) bond motifs is 1. The minimum absolute atomic E-state index is 0.405. The summed E-state index contributed by atoms with van der Waals surface area (Å²) < 4.78 is 5.78. The summed E-state index contributed by atoms with van der Waals surface area (Å²) in [7, 11) is 0. The third kappa shape index (κ3) is 2.49. The van der Waals surface area contributed by atoms with Crippen molar-refractivity contribution in [1.29, 1.82) is 0 Å². The molecule has 3 rings (SSSR count). The molecular formula is C15H18N2O2. The first-order chi connectivity index (χ1) is 9.24. The molecule has 0 saturated carbocycles. The normalized spacial score (nSPS) is 16.2. The molecule has 1 fully saturated rings. The molecule has 0 aliphatic carbocycles. The largest absolute Gasteiger partial charge is 0.461 e. The Balaban J connectivity index is 1.80. The van der Waals surface area contributed by atoms with Crippen molar-refractivity contribution < 1.29 is 9.21 Å². The molecule has 1 aromatic carbocycles. The lowest BCUT2D eigenvalue weighted by Gasteiger charge is -2.12. The summed E-state index contributed by atoms with van der Waals surface area (Å²) >= 11 is 0. The topological polar surface area (TPSA) is 59.5 Å². The highest BCUT2D eigenvalue weighted by Gasteiger charge is 2.14. The standard InChI is InChI=1S/C15H18N2O2/c16-15(18)12-4-3-5-14-13(12)10-11(19-14)6-9-17-7-1-2-8-17/h3-5,10H,1-2,6-9H2,(H2,16,18). The zero-order valence-electron chi connectivity index (χ0n) is 10.9. The fourth-order valence-corrected chi connectivity index (χ4v) is 2.73. The van der Waals surface area contributed by atoms with Crippen molar-refractivity contribution >= 4 is 16.9 Å². The Bertz CT molecular complexity index is 597. The number of amides is 1. The van der Waals surface area contributed by atoms with Crippen LogP contribution < -0.4 is 5.73 Å². The lowest BCUT2D eigenvalue weighted by Crippen LogP contribution is -2.21. The number of hydrogen-bond acceptors (Lipinski definition) is 3. The van der Waals surface area contributed by atoms with Crippen molar-refractivity contribution in [2.24, 2.45) is 5.73 Å². The van der Waals surface area contributed by atoms with E-state index >= 15 is 0 Å². The number of benzene rings is 1. The van der Waals surface area contributed by atoms with Crippen molar-refractivity contribution in [3.8, 4) is 0 Å². The molecule has 100 valence electrons. The summed E-state index contributed by atoms with van der Waals surface area (Å²) in [5, 5.41) is 0.825. The lowest BCUT2D eigenvalue weighted by molar-refractivity contribution is 0.100. The summed E-state index contributed by atoms with van der Waals surface area (Å²) in [5.41, 5.74) is 6.65. The summed E-state index contributed by atoms with van der Waals surface area (Å²) in [4.78, 5) is 13.8. The minimum Gasteiger partial charge on any atom is -0.461 e. The maximum Gasteiger partial charge on any atom is 0.249 e. The second-order valence-corrected chi connectivity index (χ2v) is 5.09. The number of rotatable bonds is 4. The van der Waals surface area contributed by atoms with Gasteiger partial charge in [0.1, 0.15) is 11.3 Å². The Morgan fingerprint density at radius 1 is 1.32 bits per heavy atom. The van der Waals surface area contributed by atoms with E-state index in [1.54, 1.807) is 12.1 Å². The van der Waals surface area contributed by atoms with Gasteiger partial charge in [-0.15, -0.1) is 0 Å². The predicted molar refractivity (Wildman–Crippen MR) is 74.1 cm³/mol. The van der Waals surface area contributed by atoms with E-state index < -0.39 is 5.91 Å². The van der Waals surface area contributed by atoms with Gasteiger partial charge in [-0.2, -0.15) is 0 Å². The van der Waals surface area contributed by atoms with Crippen molar-refractivity contribution in [2.75, 3.05) is 19.6 Å². The van der Waals surface area contributed by atoms with Crippen molar-refractivity contribution in [3.63, 3.8) is 0 Å². The first kappa shape index (κ1) is 12.2. The van der Waals surface area contributed by atoms with Gasteiger partial charge < -0.3 is 15.1 Å². The summed E-state index contributed by atoms with van der Waals surface area (Å²) in [5.74, 6) is 0.521. The number of carbonyl (C=O) groups is 1. The molecule has 2 aromatic rings. The zero-order valence-corrected chi connectivity index (χ0v) is 10.9. The second-order valence-electron chi connectivity index (χ2n) is 5.09. The van der Waals surface area contributed by atoms with Crippen LogP contribution in [0.2, 0.25) is 0 Å². The van der Waals surface area contributed by atoms with Crippen LogP contribution in [-0.4, -0.2) is 30.4 Å². The van der Waals surface area contributed by atoms with Gasteiger partial charge in [-0.05, 0) is 44.1 Å². The van der Waals surface area contributed by atoms with Crippen LogP contribution >= 0.6 is 0 Å². The van der Waals surface area contributed by atoms with E-state index in [-0.39, 0.29) is 0 Å². The van der Waals surface area contributed by atoms with Crippen LogP contribution in [0.15, 0.2) is 28.7 Å². The monoisotopic (exact) mass is 258 g/mol. The Labute approximate surface area is 112 Å². The molecule has 1 amide bonds. The molecule has 2 heterocycles. The minimum atomic E-state index is -0.405. The molecule has 0 spiro atoms. The summed E-state index contributed by atoms with van der Waals surface area (Å²) in [6, 6.07) is 7.37. The highest BCUT2D eigenvalue weighted by Crippen LogP contribution is 2.23. The maximum atomic E-state index is 11.4. The van der Waals surface area contributed by atoms with Gasteiger partial charge in [-0.3, -0.25) is 4.79 Å². The van der Waals surface area contributed by atoms with Crippen LogP contribution in [0, 0.1) is 0 Å². The highest BCUT2D eigenvalue weighted by atomic mass is 16.3. The smallest absolute Gasteiger partial charge is 0.249 e. The van der Waals surface area contributed by atoms with E-state index in [1.165, 1.54) is 25.9 Å². The molecule has 1 aliphatic heterocycles. The van der Waals surface area contributed by atoms with Gasteiger partial charge in [0, 0.05) is 18.4 Å². The number of nitrogens with zero attached hydrogens (tertiary/aromatic N) is 1. The van der Waals surface area contributed by atoms with Gasteiger partial charge >= 0.3 is 0 Å². The second kappa shape index (κ2) is 5.05. The fourth-order valence-electron chi connectivity index (χ4n) is 2.73. The molecule has 0 radical (unpaired) electrons. The van der Waals surface area contributed by atoms with Crippen molar-refractivity contribution in [1.82, 2.24) is 4.90 Å². The van der Waals surface area contributed by atoms with Crippen molar-refractivity contribution in [2.45, 2.75) is 19.3 Å². The molecule has 0 unspecified atom stereocenters. The van der Waals surface area contributed by atoms with Crippen LogP contribution in [-0.2, 0) is 6.42 Å². The Hall–Kier alpha value is -1.81.